The molecule has 4 rings (SSSR count). The highest BCUT2D eigenvalue weighted by molar-refractivity contribution is 8.00. The number of fused-ring (bicyclic) bond motifs is 1. The Morgan fingerprint density at radius 3 is 2.69 bits per heavy atom. The van der Waals surface area contributed by atoms with Crippen molar-refractivity contribution in [3.05, 3.63) is 67.7 Å². The van der Waals surface area contributed by atoms with E-state index in [2.05, 4.69) is 5.32 Å². The largest absolute Gasteiger partial charge is 0.350 e. The Bertz CT molecular complexity index is 1310. The van der Waals surface area contributed by atoms with E-state index >= 15 is 0 Å². The van der Waals surface area contributed by atoms with Crippen molar-refractivity contribution >= 4 is 50.6 Å². The van der Waals surface area contributed by atoms with Gasteiger partial charge in [-0.3, -0.25) is 14.2 Å². The first-order valence-electron chi connectivity index (χ1n) is 10.2. The molecular weight excluding hydrogens is 465 g/mol. The number of hydrogen-bond donors (Lipinski definition) is 1. The third-order valence-electron chi connectivity index (χ3n) is 5.07. The number of rotatable bonds is 7. The van der Waals surface area contributed by atoms with E-state index < -0.39 is 5.25 Å². The van der Waals surface area contributed by atoms with E-state index in [-0.39, 0.29) is 17.3 Å². The summed E-state index contributed by atoms with van der Waals surface area (Å²) in [5, 5.41) is 5.57. The normalized spacial score (nSPS) is 12.2. The third kappa shape index (κ3) is 4.51. The molecule has 4 aromatic rings. The van der Waals surface area contributed by atoms with Crippen molar-refractivity contribution in [2.45, 2.75) is 44.3 Å². The molecule has 0 aliphatic heterocycles. The maximum absolute atomic E-state index is 13.4. The number of amides is 1. The first kappa shape index (κ1) is 22.7. The van der Waals surface area contributed by atoms with Crippen LogP contribution in [-0.4, -0.2) is 20.7 Å². The van der Waals surface area contributed by atoms with Crippen LogP contribution in [0.2, 0.25) is 0 Å². The van der Waals surface area contributed by atoms with Crippen LogP contribution in [0.5, 0.6) is 0 Å². The van der Waals surface area contributed by atoms with Crippen molar-refractivity contribution in [2.24, 2.45) is 0 Å². The molecule has 1 amide bonds. The Morgan fingerprint density at radius 2 is 2.03 bits per heavy atom. The van der Waals surface area contributed by atoms with Crippen LogP contribution < -0.4 is 10.9 Å². The Balaban J connectivity index is 1.66. The van der Waals surface area contributed by atoms with Gasteiger partial charge in [0.25, 0.3) is 5.56 Å². The first-order valence-corrected chi connectivity index (χ1v) is 12.7. The topological polar surface area (TPSA) is 64.0 Å². The zero-order valence-electron chi connectivity index (χ0n) is 17.8. The first-order chi connectivity index (χ1) is 15.4. The van der Waals surface area contributed by atoms with E-state index in [1.807, 2.05) is 38.3 Å². The van der Waals surface area contributed by atoms with Gasteiger partial charge in [-0.1, -0.05) is 30.0 Å². The quantitative estimate of drug-likeness (QED) is 0.278. The summed E-state index contributed by atoms with van der Waals surface area (Å²) in [5.74, 6) is -0.421. The smallest absolute Gasteiger partial charge is 0.263 e. The van der Waals surface area contributed by atoms with Crippen molar-refractivity contribution < 1.29 is 9.18 Å². The maximum Gasteiger partial charge on any atom is 0.263 e. The number of nitrogens with one attached hydrogen (secondary N) is 1. The number of nitrogens with zero attached hydrogens (tertiary/aromatic N) is 2. The minimum Gasteiger partial charge on any atom is -0.350 e. The fourth-order valence-corrected chi connectivity index (χ4v) is 6.18. The van der Waals surface area contributed by atoms with Crippen LogP contribution in [0.1, 0.15) is 23.6 Å². The number of hydrogen-bond acceptors (Lipinski definition) is 6. The number of carbonyl (C=O) groups is 1. The Morgan fingerprint density at radius 1 is 1.28 bits per heavy atom. The van der Waals surface area contributed by atoms with E-state index in [1.165, 1.54) is 35.2 Å². The second-order valence-electron chi connectivity index (χ2n) is 7.22. The van der Waals surface area contributed by atoms with E-state index in [4.69, 9.17) is 4.98 Å². The SMILES string of the molecule is CCn1c(SC(C)C(=O)NCc2cccs2)nc2sc(C)c(-c3ccc(F)cc3)c2c1=O. The molecule has 9 heteroatoms. The van der Waals surface area contributed by atoms with Crippen LogP contribution in [0.4, 0.5) is 4.39 Å². The molecule has 1 atom stereocenters. The number of carbonyl (C=O) groups excluding carboxylic acids is 1. The van der Waals surface area contributed by atoms with Gasteiger partial charge in [0.15, 0.2) is 5.16 Å². The van der Waals surface area contributed by atoms with Crippen molar-refractivity contribution in [2.75, 3.05) is 0 Å². The lowest BCUT2D eigenvalue weighted by atomic mass is 10.0. The summed E-state index contributed by atoms with van der Waals surface area (Å²) in [5.41, 5.74) is 1.44. The molecule has 1 unspecified atom stereocenters. The van der Waals surface area contributed by atoms with Gasteiger partial charge in [-0.05, 0) is 49.9 Å². The van der Waals surface area contributed by atoms with Gasteiger partial charge in [-0.2, -0.15) is 0 Å². The molecule has 0 fully saturated rings. The molecule has 1 aromatic carbocycles. The summed E-state index contributed by atoms with van der Waals surface area (Å²) in [7, 11) is 0. The molecule has 32 heavy (non-hydrogen) atoms. The van der Waals surface area contributed by atoms with E-state index in [1.54, 1.807) is 28.0 Å². The van der Waals surface area contributed by atoms with E-state index in [9.17, 15) is 14.0 Å². The summed E-state index contributed by atoms with van der Waals surface area (Å²) in [6.07, 6.45) is 0. The molecule has 0 aliphatic carbocycles. The summed E-state index contributed by atoms with van der Waals surface area (Å²) in [6.45, 7) is 6.56. The lowest BCUT2D eigenvalue weighted by Gasteiger charge is -2.15. The predicted octanol–water partition coefficient (Wildman–Crippen LogP) is 5.45. The molecular formula is C23H22FN3O2S3. The van der Waals surface area contributed by atoms with E-state index in [0.29, 0.717) is 28.5 Å². The monoisotopic (exact) mass is 487 g/mol. The van der Waals surface area contributed by atoms with Crippen molar-refractivity contribution in [1.29, 1.82) is 0 Å². The minimum absolute atomic E-state index is 0.102. The molecule has 166 valence electrons. The van der Waals surface area contributed by atoms with Crippen molar-refractivity contribution in [3.8, 4) is 11.1 Å². The summed E-state index contributed by atoms with van der Waals surface area (Å²) in [6, 6.07) is 10.1. The molecule has 0 bridgehead atoms. The molecule has 1 N–H and O–H groups in total. The summed E-state index contributed by atoms with van der Waals surface area (Å²) in [4.78, 5) is 33.4. The van der Waals surface area contributed by atoms with Crippen molar-refractivity contribution in [3.63, 3.8) is 0 Å². The highest BCUT2D eigenvalue weighted by Gasteiger charge is 2.22. The average molecular weight is 488 g/mol. The fraction of sp³-hybridized carbons (Fsp3) is 0.261. The Labute approximate surface area is 197 Å². The second kappa shape index (κ2) is 9.56. The van der Waals surface area contributed by atoms with Crippen LogP contribution in [0.25, 0.3) is 21.3 Å². The van der Waals surface area contributed by atoms with Crippen LogP contribution >= 0.6 is 34.4 Å². The highest BCUT2D eigenvalue weighted by Crippen LogP contribution is 2.37. The van der Waals surface area contributed by atoms with Gasteiger partial charge in [0.2, 0.25) is 5.91 Å². The second-order valence-corrected chi connectivity index (χ2v) is 10.8. The number of halogens is 1. The molecule has 5 nitrogen and oxygen atoms in total. The van der Waals surface area contributed by atoms with Gasteiger partial charge in [0.05, 0.1) is 17.2 Å². The molecule has 0 saturated heterocycles. The molecule has 0 spiro atoms. The van der Waals surface area contributed by atoms with E-state index in [0.717, 1.165) is 20.9 Å². The minimum atomic E-state index is -0.408. The number of aromatic nitrogens is 2. The van der Waals surface area contributed by atoms with Crippen LogP contribution in [-0.2, 0) is 17.9 Å². The molecule has 3 heterocycles. The fourth-order valence-electron chi connectivity index (χ4n) is 3.45. The predicted molar refractivity (Wildman–Crippen MR) is 131 cm³/mol. The number of aryl methyl sites for hydroxylation is 1. The molecule has 0 aliphatic rings. The third-order valence-corrected chi connectivity index (χ3v) is 8.04. The molecule has 0 saturated carbocycles. The lowest BCUT2D eigenvalue weighted by molar-refractivity contribution is -0.120. The standard InChI is InChI=1S/C23H22FN3O2S3/c1-4-27-22(29)19-18(15-7-9-16(24)10-8-15)13(2)31-21(19)26-23(27)32-14(3)20(28)25-12-17-6-5-11-30-17/h5-11,14H,4,12H2,1-3H3,(H,25,28). The van der Waals surface area contributed by atoms with Gasteiger partial charge in [-0.25, -0.2) is 9.37 Å². The number of thiophene rings is 2. The molecule has 0 radical (unpaired) electrons. The van der Waals surface area contributed by atoms with Crippen molar-refractivity contribution in [1.82, 2.24) is 14.9 Å². The maximum atomic E-state index is 13.4. The number of benzene rings is 1. The van der Waals surface area contributed by atoms with Gasteiger partial charge in [0.1, 0.15) is 10.6 Å². The number of thioether (sulfide) groups is 1. The van der Waals surface area contributed by atoms with Gasteiger partial charge < -0.3 is 5.32 Å². The van der Waals surface area contributed by atoms with Crippen LogP contribution in [0.3, 0.4) is 0 Å². The molecule has 3 aromatic heterocycles. The van der Waals surface area contributed by atoms with Gasteiger partial charge >= 0.3 is 0 Å². The summed E-state index contributed by atoms with van der Waals surface area (Å²) >= 11 is 4.31. The van der Waals surface area contributed by atoms with Gasteiger partial charge in [0, 0.05) is 21.9 Å². The Hall–Kier alpha value is -2.49. The Kier molecular flexibility index (Phi) is 6.78. The lowest BCUT2D eigenvalue weighted by Crippen LogP contribution is -2.31. The van der Waals surface area contributed by atoms with Crippen LogP contribution in [0, 0.1) is 12.7 Å². The highest BCUT2D eigenvalue weighted by atomic mass is 32.2. The van der Waals surface area contributed by atoms with Gasteiger partial charge in [-0.15, -0.1) is 22.7 Å². The van der Waals surface area contributed by atoms with Crippen LogP contribution in [0.15, 0.2) is 51.7 Å². The average Bonchev–Trinajstić information content (AvgIpc) is 3.40. The summed E-state index contributed by atoms with van der Waals surface area (Å²) < 4.78 is 15.0. The zero-order chi connectivity index (χ0) is 22.8. The zero-order valence-corrected chi connectivity index (χ0v) is 20.3.